The summed E-state index contributed by atoms with van der Waals surface area (Å²) in [7, 11) is 0. The third kappa shape index (κ3) is 1.40. The van der Waals surface area contributed by atoms with E-state index in [9.17, 15) is 0 Å². The molecule has 0 atom stereocenters. The molecule has 0 aliphatic heterocycles. The molecule has 9 nitrogen and oxygen atoms in total. The molecule has 0 aliphatic rings. The van der Waals surface area contributed by atoms with Gasteiger partial charge in [0.15, 0.2) is 17.0 Å². The van der Waals surface area contributed by atoms with Crippen molar-refractivity contribution < 1.29 is 0 Å². The number of aromatic nitrogens is 8. The Morgan fingerprint density at radius 1 is 1.35 bits per heavy atom. The largest absolute Gasteiger partial charge is 0.396 e. The number of nitrogens with zero attached hydrogens (tertiary/aromatic N) is 7. The average molecular weight is 269 g/mol. The molecule has 20 heavy (non-hydrogen) atoms. The molecule has 0 bridgehead atoms. The fourth-order valence-corrected chi connectivity index (χ4v) is 2.11. The van der Waals surface area contributed by atoms with Gasteiger partial charge in [-0.05, 0) is 6.92 Å². The number of nitrogens with one attached hydrogen (secondary N) is 1. The molecule has 0 aliphatic carbocycles. The van der Waals surface area contributed by atoms with E-state index in [1.165, 1.54) is 0 Å². The zero-order chi connectivity index (χ0) is 13.7. The van der Waals surface area contributed by atoms with Gasteiger partial charge in [0.25, 0.3) is 0 Å². The van der Waals surface area contributed by atoms with E-state index in [-0.39, 0.29) is 0 Å². The standard InChI is InChI=1S/C11H11N9/c1-2-19-4-7(12)8(17-19)10-15-11-6-3-14-16-9(6)13-5-20(11)18-10/h3-5H,2,12H2,1H3,(H,14,16). The van der Waals surface area contributed by atoms with Crippen molar-refractivity contribution in [2.45, 2.75) is 13.5 Å². The van der Waals surface area contributed by atoms with Crippen molar-refractivity contribution in [3.8, 4) is 11.5 Å². The lowest BCUT2D eigenvalue weighted by atomic mass is 10.3. The van der Waals surface area contributed by atoms with Gasteiger partial charge in [0.1, 0.15) is 6.33 Å². The summed E-state index contributed by atoms with van der Waals surface area (Å²) < 4.78 is 3.35. The minimum absolute atomic E-state index is 0.477. The summed E-state index contributed by atoms with van der Waals surface area (Å²) in [5.74, 6) is 0.477. The third-order valence-corrected chi connectivity index (χ3v) is 3.11. The Hall–Kier alpha value is -2.97. The van der Waals surface area contributed by atoms with Crippen LogP contribution in [0.25, 0.3) is 28.2 Å². The summed E-state index contributed by atoms with van der Waals surface area (Å²) in [5.41, 5.74) is 8.43. The highest BCUT2D eigenvalue weighted by Crippen LogP contribution is 2.23. The molecule has 0 unspecified atom stereocenters. The van der Waals surface area contributed by atoms with Gasteiger partial charge in [0.2, 0.25) is 5.82 Å². The molecule has 0 radical (unpaired) electrons. The van der Waals surface area contributed by atoms with Gasteiger partial charge in [-0.1, -0.05) is 0 Å². The zero-order valence-corrected chi connectivity index (χ0v) is 10.6. The highest BCUT2D eigenvalue weighted by Gasteiger charge is 2.16. The van der Waals surface area contributed by atoms with Crippen molar-refractivity contribution in [2.24, 2.45) is 0 Å². The number of nitrogens with two attached hydrogens (primary N) is 1. The van der Waals surface area contributed by atoms with Crippen LogP contribution in [0.15, 0.2) is 18.7 Å². The molecule has 9 heteroatoms. The third-order valence-electron chi connectivity index (χ3n) is 3.11. The van der Waals surface area contributed by atoms with Gasteiger partial charge in [0.05, 0.1) is 17.3 Å². The van der Waals surface area contributed by atoms with Crippen LogP contribution in [0.4, 0.5) is 5.69 Å². The number of nitrogen functional groups attached to an aromatic ring is 1. The number of fused-ring (bicyclic) bond motifs is 3. The molecule has 0 amide bonds. The molecule has 4 heterocycles. The molecule has 0 spiro atoms. The van der Waals surface area contributed by atoms with Crippen LogP contribution in [0.1, 0.15) is 6.92 Å². The smallest absolute Gasteiger partial charge is 0.204 e. The summed E-state index contributed by atoms with van der Waals surface area (Å²) in [4.78, 5) is 8.69. The van der Waals surface area contributed by atoms with E-state index >= 15 is 0 Å². The molecule has 3 N–H and O–H groups in total. The van der Waals surface area contributed by atoms with Gasteiger partial charge in [-0.15, -0.1) is 5.10 Å². The number of aryl methyl sites for hydroxylation is 1. The number of anilines is 1. The summed E-state index contributed by atoms with van der Waals surface area (Å²) in [6, 6.07) is 0. The minimum atomic E-state index is 0.477. The first kappa shape index (κ1) is 10.9. The van der Waals surface area contributed by atoms with Crippen LogP contribution in [-0.4, -0.2) is 39.6 Å². The van der Waals surface area contributed by atoms with Gasteiger partial charge in [-0.2, -0.15) is 10.2 Å². The summed E-state index contributed by atoms with van der Waals surface area (Å²) in [5, 5.41) is 16.3. The molecule has 4 aromatic heterocycles. The van der Waals surface area contributed by atoms with Crippen molar-refractivity contribution in [2.75, 3.05) is 5.73 Å². The first-order valence-corrected chi connectivity index (χ1v) is 6.14. The Kier molecular flexibility index (Phi) is 2.05. The maximum atomic E-state index is 5.96. The van der Waals surface area contributed by atoms with E-state index in [4.69, 9.17) is 5.73 Å². The zero-order valence-electron chi connectivity index (χ0n) is 10.6. The normalized spacial score (nSPS) is 11.7. The van der Waals surface area contributed by atoms with E-state index in [1.54, 1.807) is 27.9 Å². The highest BCUT2D eigenvalue weighted by molar-refractivity contribution is 5.88. The maximum Gasteiger partial charge on any atom is 0.204 e. The molecular formula is C11H11N9. The number of rotatable bonds is 2. The number of aromatic amines is 1. The second kappa shape index (κ2) is 3.76. The second-order valence-corrected chi connectivity index (χ2v) is 4.37. The molecule has 4 rings (SSSR count). The number of H-pyrrole nitrogens is 1. The monoisotopic (exact) mass is 269 g/mol. The van der Waals surface area contributed by atoms with Gasteiger partial charge in [-0.3, -0.25) is 9.78 Å². The van der Waals surface area contributed by atoms with Gasteiger partial charge < -0.3 is 5.73 Å². The van der Waals surface area contributed by atoms with E-state index in [2.05, 4.69) is 30.4 Å². The van der Waals surface area contributed by atoms with Crippen molar-refractivity contribution >= 4 is 22.4 Å². The fourth-order valence-electron chi connectivity index (χ4n) is 2.11. The molecule has 0 fully saturated rings. The van der Waals surface area contributed by atoms with Gasteiger partial charge in [-0.25, -0.2) is 14.5 Å². The Morgan fingerprint density at radius 3 is 3.05 bits per heavy atom. The Labute approximate surface area is 112 Å². The number of hydrogen-bond donors (Lipinski definition) is 2. The van der Waals surface area contributed by atoms with E-state index < -0.39 is 0 Å². The van der Waals surface area contributed by atoms with Crippen molar-refractivity contribution in [1.82, 2.24) is 39.6 Å². The SMILES string of the molecule is CCn1cc(N)c(-c2nc3c4cn[nH]c4ncn3n2)n1. The minimum Gasteiger partial charge on any atom is -0.396 e. The lowest BCUT2D eigenvalue weighted by molar-refractivity contribution is 0.661. The fraction of sp³-hybridized carbons (Fsp3) is 0.182. The first-order chi connectivity index (χ1) is 9.76. The van der Waals surface area contributed by atoms with Crippen LogP contribution in [-0.2, 0) is 6.54 Å². The van der Waals surface area contributed by atoms with Crippen molar-refractivity contribution in [3.05, 3.63) is 18.7 Å². The van der Waals surface area contributed by atoms with Crippen LogP contribution in [0, 0.1) is 0 Å². The van der Waals surface area contributed by atoms with Crippen LogP contribution in [0.2, 0.25) is 0 Å². The lowest BCUT2D eigenvalue weighted by Crippen LogP contribution is -1.94. The number of hydrogen-bond acceptors (Lipinski definition) is 6. The predicted octanol–water partition coefficient (Wildman–Crippen LogP) is 0.466. The topological polar surface area (TPSA) is 116 Å². The molecule has 0 saturated heterocycles. The van der Waals surface area contributed by atoms with Gasteiger partial charge in [0, 0.05) is 12.7 Å². The average Bonchev–Trinajstić information content (AvgIpc) is 3.13. The summed E-state index contributed by atoms with van der Waals surface area (Å²) >= 11 is 0. The highest BCUT2D eigenvalue weighted by atomic mass is 15.3. The quantitative estimate of drug-likeness (QED) is 0.546. The predicted molar refractivity (Wildman–Crippen MR) is 71.7 cm³/mol. The molecule has 4 aromatic rings. The molecule has 0 saturated carbocycles. The summed E-state index contributed by atoms with van der Waals surface area (Å²) in [6.07, 6.45) is 5.02. The Morgan fingerprint density at radius 2 is 2.25 bits per heavy atom. The lowest BCUT2D eigenvalue weighted by Gasteiger charge is -1.90. The molecule has 0 aromatic carbocycles. The van der Waals surface area contributed by atoms with E-state index in [0.29, 0.717) is 28.5 Å². The van der Waals surface area contributed by atoms with E-state index in [0.717, 1.165) is 11.9 Å². The van der Waals surface area contributed by atoms with Crippen LogP contribution in [0.5, 0.6) is 0 Å². The van der Waals surface area contributed by atoms with Gasteiger partial charge >= 0.3 is 0 Å². The second-order valence-electron chi connectivity index (χ2n) is 4.37. The summed E-state index contributed by atoms with van der Waals surface area (Å²) in [6.45, 7) is 2.73. The van der Waals surface area contributed by atoms with Crippen LogP contribution in [0.3, 0.4) is 0 Å². The Balaban J connectivity index is 1.97. The van der Waals surface area contributed by atoms with Crippen molar-refractivity contribution in [3.63, 3.8) is 0 Å². The molecular weight excluding hydrogens is 258 g/mol. The van der Waals surface area contributed by atoms with Crippen molar-refractivity contribution in [1.29, 1.82) is 0 Å². The maximum absolute atomic E-state index is 5.96. The molecule has 100 valence electrons. The first-order valence-electron chi connectivity index (χ1n) is 6.14. The Bertz CT molecular complexity index is 913. The van der Waals surface area contributed by atoms with Crippen LogP contribution >= 0.6 is 0 Å². The van der Waals surface area contributed by atoms with E-state index in [1.807, 2.05) is 6.92 Å². The van der Waals surface area contributed by atoms with Crippen LogP contribution < -0.4 is 5.73 Å².